The molecule has 3 rings (SSSR count). The largest absolute Gasteiger partial charge is 0.485 e. The van der Waals surface area contributed by atoms with Gasteiger partial charge in [0.25, 0.3) is 0 Å². The van der Waals surface area contributed by atoms with Gasteiger partial charge in [0.1, 0.15) is 5.75 Å². The maximum Gasteiger partial charge on any atom is 0.219 e. The predicted octanol–water partition coefficient (Wildman–Crippen LogP) is 3.18. The number of hydrogen-bond acceptors (Lipinski definition) is 4. The third-order valence-corrected chi connectivity index (χ3v) is 4.98. The zero-order chi connectivity index (χ0) is 19.2. The molecule has 0 unspecified atom stereocenters. The molecule has 0 atom stereocenters. The van der Waals surface area contributed by atoms with Gasteiger partial charge in [0.15, 0.2) is 12.4 Å². The molecule has 1 aliphatic heterocycles. The lowest BCUT2D eigenvalue weighted by atomic mass is 10.1. The molecule has 1 saturated heterocycles. The van der Waals surface area contributed by atoms with Crippen molar-refractivity contribution in [2.45, 2.75) is 20.3 Å². The molecule has 2 aromatic carbocycles. The van der Waals surface area contributed by atoms with E-state index in [0.717, 1.165) is 38.3 Å². The summed E-state index contributed by atoms with van der Waals surface area (Å²) in [5.41, 5.74) is 2.99. The van der Waals surface area contributed by atoms with Crippen LogP contribution < -0.4 is 9.64 Å². The number of anilines is 1. The summed E-state index contributed by atoms with van der Waals surface area (Å²) < 4.78 is 5.65. The van der Waals surface area contributed by atoms with Gasteiger partial charge in [-0.15, -0.1) is 0 Å². The fourth-order valence-corrected chi connectivity index (χ4v) is 3.19. The first-order valence-corrected chi connectivity index (χ1v) is 9.42. The number of carbonyl (C=O) groups is 2. The Balaban J connectivity index is 1.51. The highest BCUT2D eigenvalue weighted by Gasteiger charge is 2.18. The van der Waals surface area contributed by atoms with Crippen LogP contribution in [0.15, 0.2) is 48.5 Å². The van der Waals surface area contributed by atoms with Crippen molar-refractivity contribution < 1.29 is 14.3 Å². The monoisotopic (exact) mass is 366 g/mol. The van der Waals surface area contributed by atoms with Crippen LogP contribution >= 0.6 is 0 Å². The van der Waals surface area contributed by atoms with E-state index in [4.69, 9.17) is 4.74 Å². The summed E-state index contributed by atoms with van der Waals surface area (Å²) in [5, 5.41) is 0. The number of ether oxygens (including phenoxy) is 1. The molecule has 2 aromatic rings. The maximum absolute atomic E-state index is 12.3. The number of carbonyl (C=O) groups excluding carboxylic acids is 2. The van der Waals surface area contributed by atoms with Gasteiger partial charge in [-0.3, -0.25) is 9.59 Å². The molecule has 0 N–H and O–H groups in total. The molecule has 5 nitrogen and oxygen atoms in total. The fourth-order valence-electron chi connectivity index (χ4n) is 3.19. The Morgan fingerprint density at radius 2 is 1.56 bits per heavy atom. The van der Waals surface area contributed by atoms with Crippen molar-refractivity contribution in [3.63, 3.8) is 0 Å². The van der Waals surface area contributed by atoms with Crippen molar-refractivity contribution in [1.82, 2.24) is 4.90 Å². The summed E-state index contributed by atoms with van der Waals surface area (Å²) in [6.45, 7) is 6.88. The van der Waals surface area contributed by atoms with E-state index in [1.165, 1.54) is 5.56 Å². The van der Waals surface area contributed by atoms with E-state index in [0.29, 0.717) is 11.3 Å². The Labute approximate surface area is 160 Å². The highest BCUT2D eigenvalue weighted by molar-refractivity contribution is 5.97. The molecule has 27 heavy (non-hydrogen) atoms. The molecule has 5 heteroatoms. The van der Waals surface area contributed by atoms with Gasteiger partial charge in [-0.1, -0.05) is 31.2 Å². The molecule has 0 aliphatic carbocycles. The summed E-state index contributed by atoms with van der Waals surface area (Å²) in [6, 6.07) is 15.4. The van der Waals surface area contributed by atoms with Gasteiger partial charge < -0.3 is 14.5 Å². The molecule has 0 saturated carbocycles. The Bertz CT molecular complexity index is 776. The minimum atomic E-state index is -0.0258. The summed E-state index contributed by atoms with van der Waals surface area (Å²) in [5.74, 6) is 0.786. The molecule has 0 aromatic heterocycles. The SMILES string of the molecule is CCc1ccc(C(=O)COc2ccc(N3CCN(C(C)=O)CC3)cc2)cc1. The number of ketones is 1. The number of amides is 1. The van der Waals surface area contributed by atoms with Gasteiger partial charge in [0.05, 0.1) is 0 Å². The number of Topliss-reactive ketones (excluding diaryl/α,β-unsaturated/α-hetero) is 1. The Hall–Kier alpha value is -2.82. The lowest BCUT2D eigenvalue weighted by Gasteiger charge is -2.35. The molecule has 0 spiro atoms. The van der Waals surface area contributed by atoms with Gasteiger partial charge in [0.2, 0.25) is 5.91 Å². The minimum absolute atomic E-state index is 0.0258. The number of rotatable bonds is 6. The second-order valence-corrected chi connectivity index (χ2v) is 6.75. The van der Waals surface area contributed by atoms with Crippen LogP contribution in [0.5, 0.6) is 5.75 Å². The number of hydrogen-bond donors (Lipinski definition) is 0. The second-order valence-electron chi connectivity index (χ2n) is 6.75. The molecule has 0 bridgehead atoms. The van der Waals surface area contributed by atoms with Crippen molar-refractivity contribution in [1.29, 1.82) is 0 Å². The third-order valence-electron chi connectivity index (χ3n) is 4.98. The van der Waals surface area contributed by atoms with Crippen LogP contribution in [0.4, 0.5) is 5.69 Å². The first-order valence-electron chi connectivity index (χ1n) is 9.42. The Kier molecular flexibility index (Phi) is 6.12. The van der Waals surface area contributed by atoms with Crippen molar-refractivity contribution in [3.8, 4) is 5.75 Å². The Morgan fingerprint density at radius 3 is 2.11 bits per heavy atom. The van der Waals surface area contributed by atoms with E-state index in [9.17, 15) is 9.59 Å². The number of nitrogens with zero attached hydrogens (tertiary/aromatic N) is 2. The van der Waals surface area contributed by atoms with E-state index >= 15 is 0 Å². The quantitative estimate of drug-likeness (QED) is 0.737. The van der Waals surface area contributed by atoms with E-state index in [1.807, 2.05) is 53.4 Å². The fraction of sp³-hybridized carbons (Fsp3) is 0.364. The van der Waals surface area contributed by atoms with Crippen LogP contribution in [0.3, 0.4) is 0 Å². The number of benzene rings is 2. The maximum atomic E-state index is 12.3. The highest BCUT2D eigenvalue weighted by Crippen LogP contribution is 2.21. The minimum Gasteiger partial charge on any atom is -0.485 e. The van der Waals surface area contributed by atoms with Gasteiger partial charge in [0, 0.05) is 44.4 Å². The smallest absolute Gasteiger partial charge is 0.219 e. The summed E-state index contributed by atoms with van der Waals surface area (Å²) in [7, 11) is 0. The molecule has 1 amide bonds. The molecule has 1 heterocycles. The lowest BCUT2D eigenvalue weighted by molar-refractivity contribution is -0.129. The summed E-state index contributed by atoms with van der Waals surface area (Å²) in [6.07, 6.45) is 0.959. The van der Waals surface area contributed by atoms with E-state index < -0.39 is 0 Å². The number of piperazine rings is 1. The average Bonchev–Trinajstić information content (AvgIpc) is 2.72. The van der Waals surface area contributed by atoms with Crippen molar-refractivity contribution in [2.24, 2.45) is 0 Å². The predicted molar refractivity (Wildman–Crippen MR) is 107 cm³/mol. The molecule has 1 fully saturated rings. The van der Waals surface area contributed by atoms with Crippen LogP contribution in [-0.4, -0.2) is 49.4 Å². The average molecular weight is 366 g/mol. The van der Waals surface area contributed by atoms with Crippen molar-refractivity contribution in [2.75, 3.05) is 37.7 Å². The second kappa shape index (κ2) is 8.71. The summed E-state index contributed by atoms with van der Waals surface area (Å²) in [4.78, 5) is 27.8. The van der Waals surface area contributed by atoms with Crippen LogP contribution in [0.25, 0.3) is 0 Å². The van der Waals surface area contributed by atoms with Crippen LogP contribution in [-0.2, 0) is 11.2 Å². The summed E-state index contributed by atoms with van der Waals surface area (Å²) >= 11 is 0. The van der Waals surface area contributed by atoms with E-state index in [1.54, 1.807) is 6.92 Å². The zero-order valence-electron chi connectivity index (χ0n) is 16.0. The van der Waals surface area contributed by atoms with E-state index in [-0.39, 0.29) is 18.3 Å². The third kappa shape index (κ3) is 4.88. The Morgan fingerprint density at radius 1 is 0.926 bits per heavy atom. The van der Waals surface area contributed by atoms with Gasteiger partial charge in [-0.05, 0) is 36.2 Å². The molecular formula is C22H26N2O3. The van der Waals surface area contributed by atoms with E-state index in [2.05, 4.69) is 11.8 Å². The van der Waals surface area contributed by atoms with Gasteiger partial charge >= 0.3 is 0 Å². The van der Waals surface area contributed by atoms with Gasteiger partial charge in [-0.2, -0.15) is 0 Å². The first-order chi connectivity index (χ1) is 13.1. The van der Waals surface area contributed by atoms with Crippen LogP contribution in [0.1, 0.15) is 29.8 Å². The standard InChI is InChI=1S/C22H26N2O3/c1-3-18-4-6-19(7-5-18)22(26)16-27-21-10-8-20(9-11-21)24-14-12-23(13-15-24)17(2)25/h4-11H,3,12-16H2,1-2H3. The van der Waals surface area contributed by atoms with Crippen molar-refractivity contribution >= 4 is 17.4 Å². The molecule has 142 valence electrons. The molecule has 0 radical (unpaired) electrons. The van der Waals surface area contributed by atoms with Crippen LogP contribution in [0, 0.1) is 0 Å². The van der Waals surface area contributed by atoms with Crippen LogP contribution in [0.2, 0.25) is 0 Å². The number of aryl methyl sites for hydroxylation is 1. The highest BCUT2D eigenvalue weighted by atomic mass is 16.5. The van der Waals surface area contributed by atoms with Gasteiger partial charge in [-0.25, -0.2) is 0 Å². The zero-order valence-corrected chi connectivity index (χ0v) is 16.0. The first kappa shape index (κ1) is 19.0. The lowest BCUT2D eigenvalue weighted by Crippen LogP contribution is -2.48. The molecule has 1 aliphatic rings. The normalized spacial score (nSPS) is 14.1. The topological polar surface area (TPSA) is 49.9 Å². The molecular weight excluding hydrogens is 340 g/mol. The van der Waals surface area contributed by atoms with Crippen molar-refractivity contribution in [3.05, 3.63) is 59.7 Å².